The van der Waals surface area contributed by atoms with Gasteiger partial charge in [-0.25, -0.2) is 4.79 Å². The van der Waals surface area contributed by atoms with E-state index < -0.39 is 11.9 Å². The molecule has 3 aromatic rings. The lowest BCUT2D eigenvalue weighted by Crippen LogP contribution is -2.36. The Morgan fingerprint density at radius 3 is 2.27 bits per heavy atom. The Morgan fingerprint density at radius 1 is 0.892 bits per heavy atom. The lowest BCUT2D eigenvalue weighted by molar-refractivity contribution is -0.140. The van der Waals surface area contributed by atoms with E-state index in [4.69, 9.17) is 9.47 Å². The van der Waals surface area contributed by atoms with E-state index in [9.17, 15) is 14.7 Å². The minimum absolute atomic E-state index is 0.00545. The molecule has 1 aliphatic heterocycles. The van der Waals surface area contributed by atoms with Crippen LogP contribution in [-0.2, 0) is 14.3 Å². The average molecular weight is 496 g/mol. The Hall–Kier alpha value is -4.32. The molecule has 1 aliphatic carbocycles. The minimum atomic E-state index is -0.580. The Balaban J connectivity index is 1.41. The van der Waals surface area contributed by atoms with E-state index in [0.717, 1.165) is 16.8 Å². The molecule has 0 saturated carbocycles. The van der Waals surface area contributed by atoms with Crippen molar-refractivity contribution in [1.29, 1.82) is 0 Å². The molecule has 188 valence electrons. The van der Waals surface area contributed by atoms with E-state index in [1.807, 2.05) is 67.6 Å². The highest BCUT2D eigenvalue weighted by atomic mass is 16.6. The van der Waals surface area contributed by atoms with Crippen LogP contribution in [0.15, 0.2) is 107 Å². The average Bonchev–Trinajstić information content (AvgIpc) is 2.91. The third-order valence-corrected chi connectivity index (χ3v) is 6.87. The van der Waals surface area contributed by atoms with Gasteiger partial charge < -0.3 is 19.9 Å². The quantitative estimate of drug-likeness (QED) is 0.338. The molecule has 6 nitrogen and oxygen atoms in total. The maximum atomic E-state index is 13.6. The van der Waals surface area contributed by atoms with Gasteiger partial charge in [0.05, 0.1) is 5.57 Å². The summed E-state index contributed by atoms with van der Waals surface area (Å²) in [5, 5.41) is 13.2. The molecule has 37 heavy (non-hydrogen) atoms. The molecule has 0 radical (unpaired) electrons. The molecule has 3 aromatic carbocycles. The first-order chi connectivity index (χ1) is 18.0. The van der Waals surface area contributed by atoms with Crippen LogP contribution in [0, 0.1) is 0 Å². The van der Waals surface area contributed by atoms with Crippen LogP contribution in [0.4, 0.5) is 0 Å². The van der Waals surface area contributed by atoms with Crippen LogP contribution in [0.5, 0.6) is 11.5 Å². The zero-order valence-electron chi connectivity index (χ0n) is 20.6. The predicted molar refractivity (Wildman–Crippen MR) is 140 cm³/mol. The number of esters is 1. The van der Waals surface area contributed by atoms with E-state index in [2.05, 4.69) is 5.32 Å². The number of ketones is 1. The molecule has 0 unspecified atom stereocenters. The fourth-order valence-electron chi connectivity index (χ4n) is 5.16. The van der Waals surface area contributed by atoms with Crippen molar-refractivity contribution in [2.75, 3.05) is 13.2 Å². The fourth-order valence-corrected chi connectivity index (χ4v) is 5.16. The summed E-state index contributed by atoms with van der Waals surface area (Å²) in [6.07, 6.45) is 1.04. The van der Waals surface area contributed by atoms with Crippen LogP contribution in [0.2, 0.25) is 0 Å². The van der Waals surface area contributed by atoms with Crippen molar-refractivity contribution in [1.82, 2.24) is 5.32 Å². The van der Waals surface area contributed by atoms with Crippen LogP contribution in [0.1, 0.15) is 42.7 Å². The Bertz CT molecular complexity index is 1340. The summed E-state index contributed by atoms with van der Waals surface area (Å²) in [5.74, 6) is -0.185. The normalized spacial score (nSPS) is 19.2. The number of aromatic hydroxyl groups is 1. The molecule has 2 atom stereocenters. The molecule has 0 amide bonds. The van der Waals surface area contributed by atoms with E-state index >= 15 is 0 Å². The smallest absolute Gasteiger partial charge is 0.336 e. The van der Waals surface area contributed by atoms with E-state index in [1.54, 1.807) is 24.3 Å². The van der Waals surface area contributed by atoms with Crippen molar-refractivity contribution in [2.24, 2.45) is 0 Å². The molecular weight excluding hydrogens is 466 g/mol. The number of carbonyl (C=O) groups is 2. The van der Waals surface area contributed by atoms with Gasteiger partial charge in [0, 0.05) is 29.3 Å². The second-order valence-corrected chi connectivity index (χ2v) is 9.32. The lowest BCUT2D eigenvalue weighted by atomic mass is 9.72. The first-order valence-electron chi connectivity index (χ1n) is 12.4. The third kappa shape index (κ3) is 5.28. The maximum Gasteiger partial charge on any atom is 0.336 e. The molecular formula is C31H29NO5. The molecule has 2 N–H and O–H groups in total. The van der Waals surface area contributed by atoms with Crippen LogP contribution < -0.4 is 10.1 Å². The van der Waals surface area contributed by atoms with Gasteiger partial charge in [-0.05, 0) is 54.7 Å². The van der Waals surface area contributed by atoms with E-state index in [1.165, 1.54) is 0 Å². The van der Waals surface area contributed by atoms with Crippen molar-refractivity contribution in [3.05, 3.63) is 119 Å². The first kappa shape index (κ1) is 24.4. The molecule has 0 aromatic heterocycles. The summed E-state index contributed by atoms with van der Waals surface area (Å²) in [7, 11) is 0. The van der Waals surface area contributed by atoms with E-state index in [0.29, 0.717) is 35.4 Å². The largest absolute Gasteiger partial charge is 0.508 e. The SMILES string of the molecule is CC1=C(C(=O)OCCOc2ccccc2)[C@H](c2ccc(O)cc2)C2=C(C[C@H](c3ccccc3)CC2=O)N1. The number of phenols is 1. The van der Waals surface area contributed by atoms with Gasteiger partial charge in [0.25, 0.3) is 0 Å². The number of hydrogen-bond donors (Lipinski definition) is 2. The van der Waals surface area contributed by atoms with Gasteiger partial charge in [0.15, 0.2) is 5.78 Å². The highest BCUT2D eigenvalue weighted by Gasteiger charge is 2.41. The zero-order valence-corrected chi connectivity index (χ0v) is 20.6. The zero-order chi connectivity index (χ0) is 25.8. The Labute approximate surface area is 216 Å². The van der Waals surface area contributed by atoms with Gasteiger partial charge in [-0.1, -0.05) is 60.7 Å². The van der Waals surface area contributed by atoms with Crippen LogP contribution in [0.25, 0.3) is 0 Å². The number of benzene rings is 3. The second kappa shape index (κ2) is 10.7. The lowest BCUT2D eigenvalue weighted by Gasteiger charge is -2.36. The number of carbonyl (C=O) groups excluding carboxylic acids is 2. The van der Waals surface area contributed by atoms with Gasteiger partial charge in [0.1, 0.15) is 24.7 Å². The van der Waals surface area contributed by atoms with Crippen LogP contribution in [-0.4, -0.2) is 30.1 Å². The summed E-state index contributed by atoms with van der Waals surface area (Å²) >= 11 is 0. The summed E-state index contributed by atoms with van der Waals surface area (Å²) < 4.78 is 11.3. The highest BCUT2D eigenvalue weighted by Crippen LogP contribution is 2.45. The molecule has 2 aliphatic rings. The topological polar surface area (TPSA) is 84.9 Å². The Morgan fingerprint density at radius 2 is 1.57 bits per heavy atom. The summed E-state index contributed by atoms with van der Waals surface area (Å²) in [6.45, 7) is 2.12. The van der Waals surface area contributed by atoms with Crippen LogP contribution in [0.3, 0.4) is 0 Å². The molecule has 0 spiro atoms. The molecule has 0 bridgehead atoms. The number of nitrogens with one attached hydrogen (secondary N) is 1. The van der Waals surface area contributed by atoms with Gasteiger partial charge in [-0.2, -0.15) is 0 Å². The number of phenolic OH excluding ortho intramolecular Hbond substituents is 1. The Kier molecular flexibility index (Phi) is 7.08. The number of allylic oxidation sites excluding steroid dienone is 3. The van der Waals surface area contributed by atoms with Gasteiger partial charge in [-0.3, -0.25) is 4.79 Å². The minimum Gasteiger partial charge on any atom is -0.508 e. The monoisotopic (exact) mass is 495 g/mol. The third-order valence-electron chi connectivity index (χ3n) is 6.87. The summed E-state index contributed by atoms with van der Waals surface area (Å²) in [4.78, 5) is 27.0. The summed E-state index contributed by atoms with van der Waals surface area (Å²) in [6, 6.07) is 26.0. The van der Waals surface area contributed by atoms with Crippen molar-refractivity contribution in [3.63, 3.8) is 0 Å². The summed E-state index contributed by atoms with van der Waals surface area (Å²) in [5.41, 5.74) is 4.37. The van der Waals surface area contributed by atoms with Crippen molar-refractivity contribution in [2.45, 2.75) is 31.6 Å². The van der Waals surface area contributed by atoms with E-state index in [-0.39, 0.29) is 30.7 Å². The number of hydrogen-bond acceptors (Lipinski definition) is 6. The van der Waals surface area contributed by atoms with Gasteiger partial charge in [0.2, 0.25) is 0 Å². The second-order valence-electron chi connectivity index (χ2n) is 9.32. The number of Topliss-reactive ketones (excluding diaryl/α,β-unsaturated/α-hetero) is 1. The van der Waals surface area contributed by atoms with Gasteiger partial charge in [-0.15, -0.1) is 0 Å². The first-order valence-corrected chi connectivity index (χ1v) is 12.4. The number of rotatable bonds is 7. The number of ether oxygens (including phenoxy) is 2. The molecule has 5 rings (SSSR count). The standard InChI is InChI=1S/C31H29NO5/c1-20-28(31(35)37-17-16-36-25-10-6-3-7-11-25)29(22-12-14-24(33)15-13-22)30-26(32-20)18-23(19-27(30)34)21-8-4-2-5-9-21/h2-15,23,29,32-33H,16-19H2,1H3/t23-,29-/m0/s1. The predicted octanol–water partition coefficient (Wildman–Crippen LogP) is 5.38. The van der Waals surface area contributed by atoms with Crippen LogP contribution >= 0.6 is 0 Å². The fraction of sp³-hybridized carbons (Fsp3) is 0.226. The molecule has 0 fully saturated rings. The van der Waals surface area contributed by atoms with Crippen molar-refractivity contribution in [3.8, 4) is 11.5 Å². The van der Waals surface area contributed by atoms with Gasteiger partial charge >= 0.3 is 5.97 Å². The maximum absolute atomic E-state index is 13.6. The van der Waals surface area contributed by atoms with Crippen molar-refractivity contribution < 1.29 is 24.2 Å². The highest BCUT2D eigenvalue weighted by molar-refractivity contribution is 6.04. The van der Waals surface area contributed by atoms with Crippen molar-refractivity contribution >= 4 is 11.8 Å². The number of para-hydroxylation sites is 1. The molecule has 0 saturated heterocycles. The molecule has 1 heterocycles. The molecule has 6 heteroatoms. The number of dihydropyridines is 1.